The zero-order chi connectivity index (χ0) is 41.4. The van der Waals surface area contributed by atoms with Crippen molar-refractivity contribution in [1.82, 2.24) is 5.32 Å². The molecule has 0 aromatic rings. The van der Waals surface area contributed by atoms with Crippen molar-refractivity contribution in [3.63, 3.8) is 0 Å². The number of hydrogen-bond acceptors (Lipinski definition) is 11. The summed E-state index contributed by atoms with van der Waals surface area (Å²) in [4.78, 5) is 13.1. The molecule has 0 bridgehead atoms. The minimum absolute atomic E-state index is 0.230. The van der Waals surface area contributed by atoms with Gasteiger partial charge < -0.3 is 40.3 Å². The van der Waals surface area contributed by atoms with Crippen LogP contribution in [0, 0.1) is 0 Å². The van der Waals surface area contributed by atoms with E-state index in [2.05, 4.69) is 35.5 Å². The number of aliphatic hydroxyl groups excluding tert-OH is 5. The number of ether oxygens (including phenoxy) is 2. The molecular formula is C42H79NO12S. The molecule has 0 saturated carbocycles. The Morgan fingerprint density at radius 1 is 0.714 bits per heavy atom. The van der Waals surface area contributed by atoms with E-state index in [1.165, 1.54) is 96.0 Å². The molecule has 0 aliphatic carbocycles. The molecule has 13 nitrogen and oxygen atoms in total. The molecule has 8 unspecified atom stereocenters. The normalized spacial score (nSPS) is 22.2. The van der Waals surface area contributed by atoms with Gasteiger partial charge in [-0.2, -0.15) is 8.42 Å². The average molecular weight is 822 g/mol. The summed E-state index contributed by atoms with van der Waals surface area (Å²) in [5.41, 5.74) is 0. The van der Waals surface area contributed by atoms with Gasteiger partial charge >= 0.3 is 10.4 Å². The topological polar surface area (TPSA) is 212 Å². The standard InChI is InChI=1S/C42H79NO12S/c1-3-5-7-9-11-13-15-17-18-19-21-23-25-27-29-31-36(46)41(49)43-34(35(45)30-28-26-24-22-20-16-14-12-10-8-6-4-2)33-53-42-39(48)40(55-56(50,51)52)38(47)37(32-44)54-42/h18-19,28,30,34-40,42,44-48H,3-17,20-27,29,31-33H2,1-2H3,(H,43,49)(H,50,51,52)/b19-18-,30-28+. The van der Waals surface area contributed by atoms with E-state index < -0.39 is 78.5 Å². The Morgan fingerprint density at radius 2 is 1.18 bits per heavy atom. The van der Waals surface area contributed by atoms with Crippen LogP contribution < -0.4 is 5.32 Å². The summed E-state index contributed by atoms with van der Waals surface area (Å²) in [6.07, 6.45) is 24.1. The van der Waals surface area contributed by atoms with Crippen LogP contribution in [0.1, 0.15) is 174 Å². The Hall–Kier alpha value is -1.46. The summed E-state index contributed by atoms with van der Waals surface area (Å²) in [5, 5.41) is 55.0. The van der Waals surface area contributed by atoms with Crippen LogP contribution in [0.3, 0.4) is 0 Å². The Morgan fingerprint density at radius 3 is 1.66 bits per heavy atom. The van der Waals surface area contributed by atoms with Crippen LogP contribution in [0.5, 0.6) is 0 Å². The first kappa shape index (κ1) is 52.6. The summed E-state index contributed by atoms with van der Waals surface area (Å²) in [5.74, 6) is -0.713. The van der Waals surface area contributed by atoms with Crippen LogP contribution >= 0.6 is 0 Å². The number of aliphatic hydroxyl groups is 5. The van der Waals surface area contributed by atoms with Gasteiger partial charge in [-0.05, 0) is 44.9 Å². The molecule has 0 radical (unpaired) electrons. The quantitative estimate of drug-likeness (QED) is 0.0199. The number of carbonyl (C=O) groups is 1. The van der Waals surface area contributed by atoms with Crippen LogP contribution in [-0.2, 0) is 28.9 Å². The largest absolute Gasteiger partial charge is 0.397 e. The second-order valence-electron chi connectivity index (χ2n) is 15.4. The van der Waals surface area contributed by atoms with Gasteiger partial charge in [-0.15, -0.1) is 0 Å². The van der Waals surface area contributed by atoms with E-state index in [0.29, 0.717) is 12.8 Å². The number of rotatable bonds is 36. The van der Waals surface area contributed by atoms with Crippen molar-refractivity contribution in [2.24, 2.45) is 0 Å². The molecule has 330 valence electrons. The summed E-state index contributed by atoms with van der Waals surface area (Å²) in [6, 6.07) is -1.12. The first-order valence-corrected chi connectivity index (χ1v) is 23.2. The van der Waals surface area contributed by atoms with Crippen molar-refractivity contribution in [3.05, 3.63) is 24.3 Å². The first-order valence-electron chi connectivity index (χ1n) is 21.8. The number of amides is 1. The van der Waals surface area contributed by atoms with Gasteiger partial charge in [0, 0.05) is 0 Å². The van der Waals surface area contributed by atoms with Gasteiger partial charge in [0.15, 0.2) is 6.29 Å². The van der Waals surface area contributed by atoms with Gasteiger partial charge in [-0.1, -0.05) is 154 Å². The van der Waals surface area contributed by atoms with Crippen molar-refractivity contribution in [2.75, 3.05) is 13.2 Å². The van der Waals surface area contributed by atoms with Gasteiger partial charge in [0.2, 0.25) is 5.91 Å². The van der Waals surface area contributed by atoms with Gasteiger partial charge in [0.25, 0.3) is 0 Å². The molecule has 8 atom stereocenters. The highest BCUT2D eigenvalue weighted by Gasteiger charge is 2.48. The summed E-state index contributed by atoms with van der Waals surface area (Å²) < 4.78 is 47.4. The highest BCUT2D eigenvalue weighted by molar-refractivity contribution is 7.80. The smallest absolute Gasteiger partial charge is 0.394 e. The molecule has 1 rings (SSSR count). The van der Waals surface area contributed by atoms with E-state index in [9.17, 15) is 38.7 Å². The van der Waals surface area contributed by atoms with Crippen LogP contribution in [0.4, 0.5) is 0 Å². The van der Waals surface area contributed by atoms with Gasteiger partial charge in [-0.25, -0.2) is 4.18 Å². The SMILES string of the molecule is CCCCCCCCC/C=C\CCCCCCC(O)C(=O)NC(COC1OC(CO)C(O)C(OS(=O)(=O)O)C1O)C(O)/C=C/CCCCCCCCCCCC. The van der Waals surface area contributed by atoms with E-state index in [1.807, 2.05) is 6.08 Å². The maximum absolute atomic E-state index is 13.1. The van der Waals surface area contributed by atoms with Crippen LogP contribution in [-0.4, -0.2) is 107 Å². The van der Waals surface area contributed by atoms with Crippen molar-refractivity contribution in [3.8, 4) is 0 Å². The van der Waals surface area contributed by atoms with Crippen molar-refractivity contribution >= 4 is 16.3 Å². The highest BCUT2D eigenvalue weighted by Crippen LogP contribution is 2.26. The first-order chi connectivity index (χ1) is 26.9. The number of unbranched alkanes of at least 4 members (excludes halogenated alkanes) is 21. The predicted molar refractivity (Wildman–Crippen MR) is 219 cm³/mol. The fourth-order valence-corrected chi connectivity index (χ4v) is 7.32. The molecule has 56 heavy (non-hydrogen) atoms. The minimum Gasteiger partial charge on any atom is -0.394 e. The second-order valence-corrected chi connectivity index (χ2v) is 16.5. The molecule has 1 fully saturated rings. The maximum atomic E-state index is 13.1. The molecule has 1 aliphatic heterocycles. The Balaban J connectivity index is 2.64. The maximum Gasteiger partial charge on any atom is 0.397 e. The van der Waals surface area contributed by atoms with Gasteiger partial charge in [-0.3, -0.25) is 9.35 Å². The van der Waals surface area contributed by atoms with E-state index in [0.717, 1.165) is 51.4 Å². The molecule has 1 saturated heterocycles. The lowest BCUT2D eigenvalue weighted by atomic mass is 9.99. The number of nitrogens with one attached hydrogen (secondary N) is 1. The molecule has 0 aromatic carbocycles. The van der Waals surface area contributed by atoms with Crippen LogP contribution in [0.15, 0.2) is 24.3 Å². The van der Waals surface area contributed by atoms with Gasteiger partial charge in [0.1, 0.15) is 30.5 Å². The Labute approximate surface area is 338 Å². The molecule has 0 aromatic heterocycles. The number of carbonyl (C=O) groups excluding carboxylic acids is 1. The van der Waals surface area contributed by atoms with E-state index >= 15 is 0 Å². The summed E-state index contributed by atoms with van der Waals surface area (Å²) >= 11 is 0. The monoisotopic (exact) mass is 822 g/mol. The average Bonchev–Trinajstić information content (AvgIpc) is 3.16. The van der Waals surface area contributed by atoms with E-state index in [4.69, 9.17) is 14.0 Å². The van der Waals surface area contributed by atoms with Crippen LogP contribution in [0.25, 0.3) is 0 Å². The van der Waals surface area contributed by atoms with Crippen molar-refractivity contribution in [1.29, 1.82) is 0 Å². The third-order valence-corrected chi connectivity index (χ3v) is 10.8. The lowest BCUT2D eigenvalue weighted by molar-refractivity contribution is -0.298. The fraction of sp³-hybridized carbons (Fsp3) is 0.881. The zero-order valence-electron chi connectivity index (χ0n) is 34.6. The number of hydrogen-bond donors (Lipinski definition) is 7. The second kappa shape index (κ2) is 33.4. The van der Waals surface area contributed by atoms with Gasteiger partial charge in [0.05, 0.1) is 25.4 Å². The third-order valence-electron chi connectivity index (χ3n) is 10.3. The molecular weight excluding hydrogens is 743 g/mol. The van der Waals surface area contributed by atoms with Crippen molar-refractivity contribution < 1.29 is 57.0 Å². The third kappa shape index (κ3) is 25.8. The fourth-order valence-electron chi connectivity index (χ4n) is 6.81. The lowest BCUT2D eigenvalue weighted by Crippen LogP contribution is -2.61. The Kier molecular flexibility index (Phi) is 31.3. The van der Waals surface area contributed by atoms with Crippen LogP contribution in [0.2, 0.25) is 0 Å². The molecule has 1 amide bonds. The summed E-state index contributed by atoms with van der Waals surface area (Å²) in [7, 11) is -5.11. The Bertz CT molecular complexity index is 1120. The minimum atomic E-state index is -5.11. The zero-order valence-corrected chi connectivity index (χ0v) is 35.4. The predicted octanol–water partition coefficient (Wildman–Crippen LogP) is 6.74. The molecule has 1 aliphatic rings. The molecule has 14 heteroatoms. The van der Waals surface area contributed by atoms with E-state index in [1.54, 1.807) is 0 Å². The van der Waals surface area contributed by atoms with Crippen molar-refractivity contribution in [2.45, 2.75) is 223 Å². The molecule has 1 heterocycles. The highest BCUT2D eigenvalue weighted by atomic mass is 32.3. The summed E-state index contributed by atoms with van der Waals surface area (Å²) in [6.45, 7) is 3.18. The lowest BCUT2D eigenvalue weighted by Gasteiger charge is -2.41. The molecule has 7 N–H and O–H groups in total. The van der Waals surface area contributed by atoms with E-state index in [-0.39, 0.29) is 6.42 Å². The molecule has 0 spiro atoms. The number of allylic oxidation sites excluding steroid dienone is 3.